The fourth-order valence-electron chi connectivity index (χ4n) is 1.77. The first-order valence-electron chi connectivity index (χ1n) is 6.27. The van der Waals surface area contributed by atoms with Crippen LogP contribution in [0.2, 0.25) is 0 Å². The zero-order valence-corrected chi connectivity index (χ0v) is 10.5. The zero-order valence-electron chi connectivity index (χ0n) is 10.5. The highest BCUT2D eigenvalue weighted by Crippen LogP contribution is 2.08. The number of rotatable bonds is 8. The van der Waals surface area contributed by atoms with Gasteiger partial charge in [-0.3, -0.25) is 0 Å². The predicted octanol–water partition coefficient (Wildman–Crippen LogP) is 2.34. The predicted molar refractivity (Wildman–Crippen MR) is 68.4 cm³/mol. The molecule has 98 valence electrons. The Labute approximate surface area is 107 Å². The Morgan fingerprint density at radius 2 is 1.94 bits per heavy atom. The molecule has 0 unspecified atom stereocenters. The largest absolute Gasteiger partial charge is 0.396 e. The first kappa shape index (κ1) is 14.6. The van der Waals surface area contributed by atoms with E-state index in [1.165, 1.54) is 12.1 Å². The van der Waals surface area contributed by atoms with Crippen molar-refractivity contribution in [3.8, 4) is 6.07 Å². The molecule has 4 heteroatoms. The van der Waals surface area contributed by atoms with Gasteiger partial charge in [0.2, 0.25) is 0 Å². The van der Waals surface area contributed by atoms with Gasteiger partial charge in [-0.25, -0.2) is 4.39 Å². The van der Waals surface area contributed by atoms with Gasteiger partial charge in [-0.15, -0.1) is 0 Å². The average molecular weight is 250 g/mol. The van der Waals surface area contributed by atoms with Gasteiger partial charge in [0.05, 0.1) is 11.6 Å². The summed E-state index contributed by atoms with van der Waals surface area (Å²) in [6.07, 6.45) is 4.02. The van der Waals surface area contributed by atoms with Crippen molar-refractivity contribution in [1.29, 1.82) is 5.26 Å². The number of aliphatic hydroxyl groups excluding tert-OH is 1. The highest BCUT2D eigenvalue weighted by molar-refractivity contribution is 5.33. The number of nitrogens with zero attached hydrogens (tertiary/aromatic N) is 1. The number of unbranched alkanes of at least 4 members (excludes halogenated alkanes) is 3. The molecule has 0 bridgehead atoms. The van der Waals surface area contributed by atoms with Gasteiger partial charge in [0.1, 0.15) is 5.82 Å². The van der Waals surface area contributed by atoms with Crippen LogP contribution < -0.4 is 5.32 Å². The van der Waals surface area contributed by atoms with Gasteiger partial charge in [0, 0.05) is 13.2 Å². The second-order valence-electron chi connectivity index (χ2n) is 4.27. The van der Waals surface area contributed by atoms with Crippen LogP contribution in [0.1, 0.15) is 36.8 Å². The van der Waals surface area contributed by atoms with Crippen LogP contribution in [-0.4, -0.2) is 18.3 Å². The van der Waals surface area contributed by atoms with E-state index >= 15 is 0 Å². The van der Waals surface area contributed by atoms with E-state index in [2.05, 4.69) is 5.32 Å². The van der Waals surface area contributed by atoms with Crippen LogP contribution >= 0.6 is 0 Å². The smallest absolute Gasteiger partial charge is 0.124 e. The molecule has 0 aliphatic rings. The monoisotopic (exact) mass is 250 g/mol. The number of nitriles is 1. The Hall–Kier alpha value is -1.44. The minimum absolute atomic E-state index is 0.258. The topological polar surface area (TPSA) is 56.0 Å². The quantitative estimate of drug-likeness (QED) is 0.696. The van der Waals surface area contributed by atoms with Gasteiger partial charge >= 0.3 is 0 Å². The van der Waals surface area contributed by atoms with Crippen LogP contribution in [-0.2, 0) is 6.54 Å². The third-order valence-corrected chi connectivity index (χ3v) is 2.68. The molecule has 3 nitrogen and oxygen atoms in total. The highest BCUT2D eigenvalue weighted by atomic mass is 19.1. The molecular weight excluding hydrogens is 231 g/mol. The van der Waals surface area contributed by atoms with Crippen molar-refractivity contribution in [1.82, 2.24) is 5.32 Å². The van der Waals surface area contributed by atoms with Crippen LogP contribution in [0, 0.1) is 17.1 Å². The number of benzene rings is 1. The van der Waals surface area contributed by atoms with Gasteiger partial charge in [0.25, 0.3) is 0 Å². The van der Waals surface area contributed by atoms with E-state index in [-0.39, 0.29) is 12.4 Å². The molecule has 1 aromatic rings. The Morgan fingerprint density at radius 1 is 1.17 bits per heavy atom. The molecule has 0 atom stereocenters. The summed E-state index contributed by atoms with van der Waals surface area (Å²) in [5, 5.41) is 20.6. The second kappa shape index (κ2) is 8.62. The van der Waals surface area contributed by atoms with E-state index in [0.29, 0.717) is 12.1 Å². The lowest BCUT2D eigenvalue weighted by atomic mass is 10.1. The SMILES string of the molecule is N#Cc1cc(F)cc(CNCCCCCCO)c1. The van der Waals surface area contributed by atoms with Crippen molar-refractivity contribution >= 4 is 0 Å². The maximum absolute atomic E-state index is 13.1. The van der Waals surface area contributed by atoms with Gasteiger partial charge in [0.15, 0.2) is 0 Å². The van der Waals surface area contributed by atoms with E-state index < -0.39 is 0 Å². The summed E-state index contributed by atoms with van der Waals surface area (Å²) in [4.78, 5) is 0. The summed E-state index contributed by atoms with van der Waals surface area (Å²) >= 11 is 0. The van der Waals surface area contributed by atoms with Crippen molar-refractivity contribution in [2.45, 2.75) is 32.2 Å². The van der Waals surface area contributed by atoms with Crippen molar-refractivity contribution in [3.05, 3.63) is 35.1 Å². The summed E-state index contributed by atoms with van der Waals surface area (Å²) in [6, 6.07) is 6.32. The molecule has 2 N–H and O–H groups in total. The first-order chi connectivity index (χ1) is 8.76. The minimum Gasteiger partial charge on any atom is -0.396 e. The maximum atomic E-state index is 13.1. The molecule has 1 aromatic carbocycles. The lowest BCUT2D eigenvalue weighted by Gasteiger charge is -2.05. The summed E-state index contributed by atoms with van der Waals surface area (Å²) in [5.41, 5.74) is 1.15. The number of halogens is 1. The van der Waals surface area contributed by atoms with Crippen LogP contribution in [0.15, 0.2) is 18.2 Å². The standard InChI is InChI=1S/C14H19FN2O/c15-14-8-12(10-16)7-13(9-14)11-17-5-3-1-2-4-6-18/h7-9,17-18H,1-6,11H2. The molecule has 0 radical (unpaired) electrons. The zero-order chi connectivity index (χ0) is 13.2. The number of aliphatic hydroxyl groups is 1. The first-order valence-corrected chi connectivity index (χ1v) is 6.27. The van der Waals surface area contributed by atoms with Crippen LogP contribution in [0.25, 0.3) is 0 Å². The Kier molecular flexibility index (Phi) is 7.00. The fraction of sp³-hybridized carbons (Fsp3) is 0.500. The van der Waals surface area contributed by atoms with Gasteiger partial charge in [-0.2, -0.15) is 5.26 Å². The Bertz CT molecular complexity index is 401. The summed E-state index contributed by atoms with van der Waals surface area (Å²) in [6.45, 7) is 1.70. The molecular formula is C14H19FN2O. The lowest BCUT2D eigenvalue weighted by Crippen LogP contribution is -2.14. The van der Waals surface area contributed by atoms with E-state index in [4.69, 9.17) is 10.4 Å². The lowest BCUT2D eigenvalue weighted by molar-refractivity contribution is 0.282. The number of nitrogens with one attached hydrogen (secondary N) is 1. The summed E-state index contributed by atoms with van der Waals surface area (Å²) in [7, 11) is 0. The van der Waals surface area contributed by atoms with E-state index in [1.54, 1.807) is 6.07 Å². The molecule has 0 fully saturated rings. The Balaban J connectivity index is 2.23. The normalized spacial score (nSPS) is 10.3. The molecule has 18 heavy (non-hydrogen) atoms. The maximum Gasteiger partial charge on any atom is 0.124 e. The summed E-state index contributed by atoms with van der Waals surface area (Å²) < 4.78 is 13.1. The van der Waals surface area contributed by atoms with Gasteiger partial charge in [-0.1, -0.05) is 12.8 Å². The highest BCUT2D eigenvalue weighted by Gasteiger charge is 2.00. The molecule has 0 spiro atoms. The van der Waals surface area contributed by atoms with Crippen LogP contribution in [0.4, 0.5) is 4.39 Å². The number of hydrogen-bond donors (Lipinski definition) is 2. The van der Waals surface area contributed by atoms with Crippen molar-refractivity contribution in [2.75, 3.05) is 13.2 Å². The average Bonchev–Trinajstić information content (AvgIpc) is 2.37. The van der Waals surface area contributed by atoms with Gasteiger partial charge in [-0.05, 0) is 43.1 Å². The molecule has 0 amide bonds. The molecule has 0 aliphatic carbocycles. The van der Waals surface area contributed by atoms with Crippen molar-refractivity contribution in [3.63, 3.8) is 0 Å². The van der Waals surface area contributed by atoms with E-state index in [9.17, 15) is 4.39 Å². The third-order valence-electron chi connectivity index (χ3n) is 2.68. The molecule has 0 saturated carbocycles. The second-order valence-corrected chi connectivity index (χ2v) is 4.27. The molecule has 0 heterocycles. The van der Waals surface area contributed by atoms with Crippen molar-refractivity contribution in [2.24, 2.45) is 0 Å². The molecule has 0 aromatic heterocycles. The van der Waals surface area contributed by atoms with E-state index in [0.717, 1.165) is 37.8 Å². The van der Waals surface area contributed by atoms with E-state index in [1.807, 2.05) is 6.07 Å². The Morgan fingerprint density at radius 3 is 2.67 bits per heavy atom. The fourth-order valence-corrected chi connectivity index (χ4v) is 1.77. The molecule has 0 aliphatic heterocycles. The van der Waals surface area contributed by atoms with Crippen LogP contribution in [0.3, 0.4) is 0 Å². The third kappa shape index (κ3) is 5.76. The molecule has 0 saturated heterocycles. The number of hydrogen-bond acceptors (Lipinski definition) is 3. The minimum atomic E-state index is -0.367. The van der Waals surface area contributed by atoms with Crippen molar-refractivity contribution < 1.29 is 9.50 Å². The molecule has 1 rings (SSSR count). The van der Waals surface area contributed by atoms with Crippen LogP contribution in [0.5, 0.6) is 0 Å². The van der Waals surface area contributed by atoms with Gasteiger partial charge < -0.3 is 10.4 Å². The summed E-state index contributed by atoms with van der Waals surface area (Å²) in [5.74, 6) is -0.367.